The van der Waals surface area contributed by atoms with Gasteiger partial charge in [0, 0.05) is 0 Å². The van der Waals surface area contributed by atoms with Gasteiger partial charge < -0.3 is 5.11 Å². The maximum atomic E-state index is 11.2. The van der Waals surface area contributed by atoms with E-state index in [9.17, 15) is 5.11 Å². The molecule has 0 amide bonds. The molecule has 0 fully saturated rings. The van der Waals surface area contributed by atoms with Crippen LogP contribution >= 0.6 is 0 Å². The first-order valence-electron chi connectivity index (χ1n) is 7.58. The van der Waals surface area contributed by atoms with Crippen LogP contribution in [0, 0.1) is 0 Å². The van der Waals surface area contributed by atoms with Gasteiger partial charge in [-0.25, -0.2) is 0 Å². The topological polar surface area (TPSA) is 20.2 Å². The Kier molecular flexibility index (Phi) is 4.97. The summed E-state index contributed by atoms with van der Waals surface area (Å²) in [5, 5.41) is 11.2. The third-order valence-corrected chi connectivity index (χ3v) is 3.81. The van der Waals surface area contributed by atoms with E-state index in [1.165, 1.54) is 5.56 Å². The van der Waals surface area contributed by atoms with Gasteiger partial charge in [0.15, 0.2) is 0 Å². The summed E-state index contributed by atoms with van der Waals surface area (Å²) in [5.41, 5.74) is 2.42. The molecule has 20 heavy (non-hydrogen) atoms. The first-order valence-corrected chi connectivity index (χ1v) is 7.58. The molecule has 0 aromatic heterocycles. The van der Waals surface area contributed by atoms with Crippen LogP contribution in [0.1, 0.15) is 49.8 Å². The lowest BCUT2D eigenvalue weighted by Crippen LogP contribution is -2.27. The second kappa shape index (κ2) is 6.71. The highest BCUT2D eigenvalue weighted by Crippen LogP contribution is 2.34. The van der Waals surface area contributed by atoms with E-state index in [0.717, 1.165) is 36.8 Å². The zero-order valence-electron chi connectivity index (χ0n) is 12.5. The Morgan fingerprint density at radius 1 is 0.850 bits per heavy atom. The van der Waals surface area contributed by atoms with Gasteiger partial charge >= 0.3 is 0 Å². The molecule has 2 rings (SSSR count). The van der Waals surface area contributed by atoms with Gasteiger partial charge in [-0.2, -0.15) is 0 Å². The summed E-state index contributed by atoms with van der Waals surface area (Å²) >= 11 is 0. The van der Waals surface area contributed by atoms with Crippen molar-refractivity contribution < 1.29 is 5.11 Å². The molecule has 106 valence electrons. The van der Waals surface area contributed by atoms with Gasteiger partial charge in [0.25, 0.3) is 0 Å². The van der Waals surface area contributed by atoms with E-state index in [2.05, 4.69) is 32.0 Å². The molecule has 0 aliphatic heterocycles. The summed E-state index contributed by atoms with van der Waals surface area (Å²) in [5.74, 6) is 0. The summed E-state index contributed by atoms with van der Waals surface area (Å²) in [6.07, 6.45) is 3.88. The van der Waals surface area contributed by atoms with Crippen molar-refractivity contribution in [3.8, 4) is 0 Å². The third kappa shape index (κ3) is 3.10. The van der Waals surface area contributed by atoms with Gasteiger partial charge in [0.2, 0.25) is 0 Å². The normalized spacial score (nSPS) is 13.9. The van der Waals surface area contributed by atoms with Gasteiger partial charge in [0.1, 0.15) is 5.60 Å². The lowest BCUT2D eigenvalue weighted by Gasteiger charge is -2.29. The van der Waals surface area contributed by atoms with E-state index in [-0.39, 0.29) is 0 Å². The third-order valence-electron chi connectivity index (χ3n) is 3.81. The molecule has 1 nitrogen and oxygen atoms in total. The van der Waals surface area contributed by atoms with Crippen molar-refractivity contribution in [3.05, 3.63) is 71.3 Å². The van der Waals surface area contributed by atoms with E-state index in [0.29, 0.717) is 0 Å². The fourth-order valence-electron chi connectivity index (χ4n) is 2.80. The Bertz CT molecular complexity index is 532. The van der Waals surface area contributed by atoms with Crippen LogP contribution in [-0.2, 0) is 12.0 Å². The van der Waals surface area contributed by atoms with Gasteiger partial charge in [-0.1, -0.05) is 81.3 Å². The molecule has 0 bridgehead atoms. The Balaban J connectivity index is 2.45. The Morgan fingerprint density at radius 2 is 1.55 bits per heavy atom. The summed E-state index contributed by atoms with van der Waals surface area (Å²) in [7, 11) is 0. The number of hydrogen-bond acceptors (Lipinski definition) is 1. The van der Waals surface area contributed by atoms with Crippen LogP contribution in [0.15, 0.2) is 54.6 Å². The predicted molar refractivity (Wildman–Crippen MR) is 84.8 cm³/mol. The maximum absolute atomic E-state index is 11.2. The van der Waals surface area contributed by atoms with Crippen molar-refractivity contribution in [1.29, 1.82) is 0 Å². The molecular weight excluding hydrogens is 244 g/mol. The smallest absolute Gasteiger partial charge is 0.115 e. The molecule has 0 spiro atoms. The molecule has 1 N–H and O–H groups in total. The average Bonchev–Trinajstić information content (AvgIpc) is 2.49. The highest BCUT2D eigenvalue weighted by Gasteiger charge is 2.30. The van der Waals surface area contributed by atoms with Gasteiger partial charge in [0.05, 0.1) is 0 Å². The minimum absolute atomic E-state index is 0.743. The quantitative estimate of drug-likeness (QED) is 0.807. The van der Waals surface area contributed by atoms with Crippen LogP contribution in [0.25, 0.3) is 0 Å². The number of aryl methyl sites for hydroxylation is 1. The number of hydrogen-bond donors (Lipinski definition) is 1. The van der Waals surface area contributed by atoms with Crippen LogP contribution in [0.2, 0.25) is 0 Å². The lowest BCUT2D eigenvalue weighted by molar-refractivity contribution is 0.0701. The lowest BCUT2D eigenvalue weighted by atomic mass is 9.82. The second-order valence-corrected chi connectivity index (χ2v) is 5.43. The monoisotopic (exact) mass is 268 g/mol. The maximum Gasteiger partial charge on any atom is 0.115 e. The van der Waals surface area contributed by atoms with Crippen molar-refractivity contribution in [2.45, 2.75) is 45.1 Å². The molecule has 0 saturated heterocycles. The molecule has 1 atom stereocenters. The van der Waals surface area contributed by atoms with Gasteiger partial charge in [-0.3, -0.25) is 0 Å². The molecule has 0 saturated carbocycles. The number of aliphatic hydroxyl groups is 1. The fourth-order valence-corrected chi connectivity index (χ4v) is 2.80. The molecule has 2 aromatic carbocycles. The van der Waals surface area contributed by atoms with Crippen LogP contribution in [-0.4, -0.2) is 5.11 Å². The number of benzene rings is 2. The highest BCUT2D eigenvalue weighted by molar-refractivity contribution is 5.38. The minimum Gasteiger partial charge on any atom is -0.380 e. The molecule has 0 aliphatic rings. The summed E-state index contributed by atoms with van der Waals surface area (Å²) in [6.45, 7) is 4.30. The highest BCUT2D eigenvalue weighted by atomic mass is 16.3. The van der Waals surface area contributed by atoms with E-state index in [4.69, 9.17) is 0 Å². The Morgan fingerprint density at radius 3 is 2.20 bits per heavy atom. The summed E-state index contributed by atoms with van der Waals surface area (Å²) in [6, 6.07) is 18.4. The predicted octanol–water partition coefficient (Wildman–Crippen LogP) is 4.68. The first-order chi connectivity index (χ1) is 9.70. The van der Waals surface area contributed by atoms with Crippen LogP contribution in [0.3, 0.4) is 0 Å². The summed E-state index contributed by atoms with van der Waals surface area (Å²) in [4.78, 5) is 0. The molecule has 0 aliphatic carbocycles. The molecule has 0 radical (unpaired) electrons. The van der Waals surface area contributed by atoms with Crippen LogP contribution in [0.5, 0.6) is 0 Å². The van der Waals surface area contributed by atoms with Crippen LogP contribution < -0.4 is 0 Å². The van der Waals surface area contributed by atoms with Crippen molar-refractivity contribution in [2.24, 2.45) is 0 Å². The fraction of sp³-hybridized carbons (Fsp3) is 0.368. The van der Waals surface area contributed by atoms with Gasteiger partial charge in [-0.15, -0.1) is 0 Å². The molecule has 2 aromatic rings. The van der Waals surface area contributed by atoms with Crippen molar-refractivity contribution in [2.75, 3.05) is 0 Å². The molecular formula is C19H24O. The minimum atomic E-state index is -0.875. The van der Waals surface area contributed by atoms with Crippen molar-refractivity contribution in [1.82, 2.24) is 0 Å². The molecule has 1 unspecified atom stereocenters. The van der Waals surface area contributed by atoms with E-state index in [1.807, 2.05) is 36.4 Å². The largest absolute Gasteiger partial charge is 0.380 e. The Labute approximate surface area is 122 Å². The van der Waals surface area contributed by atoms with Crippen molar-refractivity contribution >= 4 is 0 Å². The van der Waals surface area contributed by atoms with Gasteiger partial charge in [-0.05, 0) is 29.5 Å². The number of rotatable bonds is 6. The average molecular weight is 268 g/mol. The zero-order chi connectivity index (χ0) is 14.4. The van der Waals surface area contributed by atoms with E-state index >= 15 is 0 Å². The standard InChI is InChI=1S/C19H24O/c1-3-9-16-10-8-13-18(15-16)19(20,14-4-2)17-11-6-5-7-12-17/h5-8,10-13,15,20H,3-4,9,14H2,1-2H3. The van der Waals surface area contributed by atoms with Crippen LogP contribution in [0.4, 0.5) is 0 Å². The second-order valence-electron chi connectivity index (χ2n) is 5.43. The zero-order valence-corrected chi connectivity index (χ0v) is 12.5. The van der Waals surface area contributed by atoms with Crippen molar-refractivity contribution in [3.63, 3.8) is 0 Å². The Hall–Kier alpha value is -1.60. The summed E-state index contributed by atoms with van der Waals surface area (Å²) < 4.78 is 0. The van der Waals surface area contributed by atoms with E-state index in [1.54, 1.807) is 0 Å². The van der Waals surface area contributed by atoms with E-state index < -0.39 is 5.60 Å². The molecule has 1 heteroatoms. The molecule has 0 heterocycles. The SMILES string of the molecule is CCCc1cccc(C(O)(CCC)c2ccccc2)c1. The first kappa shape index (κ1) is 14.8.